The Labute approximate surface area is 213 Å². The maximum atomic E-state index is 2.38. The zero-order chi connectivity index (χ0) is 24.8. The number of aromatic nitrogens is 3. The van der Waals surface area contributed by atoms with Crippen molar-refractivity contribution >= 4 is 32.7 Å². The lowest BCUT2D eigenvalue weighted by Gasteiger charge is -2.24. The number of hydrogen-bond acceptors (Lipinski definition) is 0. The van der Waals surface area contributed by atoms with Crippen molar-refractivity contribution in [2.24, 2.45) is 21.1 Å². The molecule has 3 heterocycles. The van der Waals surface area contributed by atoms with Crippen LogP contribution in [0.25, 0.3) is 32.7 Å². The van der Waals surface area contributed by atoms with Crippen molar-refractivity contribution in [1.82, 2.24) is 13.7 Å². The van der Waals surface area contributed by atoms with Crippen molar-refractivity contribution in [2.75, 3.05) is 0 Å². The van der Waals surface area contributed by atoms with E-state index in [0.29, 0.717) is 11.8 Å². The van der Waals surface area contributed by atoms with Gasteiger partial charge in [0.15, 0.2) is 0 Å². The van der Waals surface area contributed by atoms with Crippen LogP contribution in [-0.4, -0.2) is 13.7 Å². The van der Waals surface area contributed by atoms with E-state index in [1.54, 1.807) is 0 Å². The van der Waals surface area contributed by atoms with E-state index in [2.05, 4.69) is 133 Å². The molecule has 3 nitrogen and oxygen atoms in total. The fourth-order valence-corrected chi connectivity index (χ4v) is 6.45. The Bertz CT molecular complexity index is 1600. The highest BCUT2D eigenvalue weighted by Crippen LogP contribution is 2.44. The summed E-state index contributed by atoms with van der Waals surface area (Å²) in [4.78, 5) is 0. The van der Waals surface area contributed by atoms with Gasteiger partial charge in [-0.1, -0.05) is 67.9 Å². The molecule has 6 rings (SSSR count). The molecule has 0 spiro atoms. The maximum absolute atomic E-state index is 2.38. The number of hydrogen-bond donors (Lipinski definition) is 0. The Hall–Kier alpha value is -3.72. The summed E-state index contributed by atoms with van der Waals surface area (Å²) in [7, 11) is 6.54. The van der Waals surface area contributed by atoms with Crippen LogP contribution in [0.1, 0.15) is 54.7 Å². The molecule has 0 N–H and O–H groups in total. The van der Waals surface area contributed by atoms with Gasteiger partial charge in [-0.3, -0.25) is 0 Å². The molecule has 1 unspecified atom stereocenters. The first-order chi connectivity index (χ1) is 17.6. The van der Waals surface area contributed by atoms with E-state index in [0.717, 1.165) is 6.42 Å². The average Bonchev–Trinajstić information content (AvgIpc) is 3.54. The lowest BCUT2D eigenvalue weighted by Crippen LogP contribution is -2.08. The third kappa shape index (κ3) is 3.65. The molecule has 0 saturated carbocycles. The van der Waals surface area contributed by atoms with Gasteiger partial charge >= 0.3 is 0 Å². The van der Waals surface area contributed by atoms with Crippen molar-refractivity contribution in [3.05, 3.63) is 108 Å². The first kappa shape index (κ1) is 22.7. The number of para-hydroxylation sites is 3. The van der Waals surface area contributed by atoms with E-state index in [1.165, 1.54) is 62.2 Å². The molecule has 0 aliphatic heterocycles. The Morgan fingerprint density at radius 2 is 0.944 bits per heavy atom. The van der Waals surface area contributed by atoms with Gasteiger partial charge in [0.2, 0.25) is 0 Å². The number of benzene rings is 3. The molecule has 3 heteroatoms. The summed E-state index contributed by atoms with van der Waals surface area (Å²) in [6.07, 6.45) is 10.6. The van der Waals surface area contributed by atoms with Crippen LogP contribution in [0, 0.1) is 0 Å². The standard InChI is InChI=1S/C33H35N3/c1-5-12-23(28-20-34(2)31-16-9-6-13-24(28)31)19-27(29-21-35(3)32-17-10-7-14-25(29)32)30-22-36(4)33-18-11-8-15-26(30)33/h6-11,13-18,20-23,27H,5,12,19H2,1-4H3. The minimum absolute atomic E-state index is 0.303. The van der Waals surface area contributed by atoms with Gasteiger partial charge in [-0.05, 0) is 53.6 Å². The van der Waals surface area contributed by atoms with Gasteiger partial charge in [-0.25, -0.2) is 0 Å². The second-order valence-electron chi connectivity index (χ2n) is 10.4. The minimum Gasteiger partial charge on any atom is -0.350 e. The smallest absolute Gasteiger partial charge is 0.0480 e. The molecule has 0 amide bonds. The summed E-state index contributed by atoms with van der Waals surface area (Å²) in [6, 6.07) is 26.6. The van der Waals surface area contributed by atoms with Crippen LogP contribution in [0.15, 0.2) is 91.4 Å². The van der Waals surface area contributed by atoms with E-state index in [-0.39, 0.29) is 0 Å². The van der Waals surface area contributed by atoms with E-state index < -0.39 is 0 Å². The summed E-state index contributed by atoms with van der Waals surface area (Å²) in [5, 5.41) is 4.13. The molecule has 3 aromatic carbocycles. The van der Waals surface area contributed by atoms with E-state index in [9.17, 15) is 0 Å². The fraction of sp³-hybridized carbons (Fsp3) is 0.273. The molecular weight excluding hydrogens is 438 g/mol. The number of rotatable bonds is 7. The van der Waals surface area contributed by atoms with Gasteiger partial charge in [-0.2, -0.15) is 0 Å². The first-order valence-corrected chi connectivity index (χ1v) is 13.2. The van der Waals surface area contributed by atoms with Crippen molar-refractivity contribution in [1.29, 1.82) is 0 Å². The highest BCUT2D eigenvalue weighted by atomic mass is 14.9. The van der Waals surface area contributed by atoms with Crippen molar-refractivity contribution in [3.63, 3.8) is 0 Å². The molecular formula is C33H35N3. The molecule has 0 aliphatic carbocycles. The predicted molar refractivity (Wildman–Crippen MR) is 153 cm³/mol. The molecule has 182 valence electrons. The van der Waals surface area contributed by atoms with Crippen molar-refractivity contribution in [2.45, 2.75) is 38.0 Å². The monoisotopic (exact) mass is 473 g/mol. The first-order valence-electron chi connectivity index (χ1n) is 13.2. The van der Waals surface area contributed by atoms with E-state index in [1.807, 2.05) is 0 Å². The fourth-order valence-electron chi connectivity index (χ4n) is 6.45. The minimum atomic E-state index is 0.303. The number of nitrogens with zero attached hydrogens (tertiary/aromatic N) is 3. The molecule has 0 saturated heterocycles. The summed E-state index contributed by atoms with van der Waals surface area (Å²) < 4.78 is 6.91. The van der Waals surface area contributed by atoms with Gasteiger partial charge < -0.3 is 13.7 Å². The van der Waals surface area contributed by atoms with Crippen LogP contribution in [0.2, 0.25) is 0 Å². The molecule has 0 bridgehead atoms. The van der Waals surface area contributed by atoms with Crippen LogP contribution in [0.4, 0.5) is 0 Å². The summed E-state index contributed by atoms with van der Waals surface area (Å²) in [5.41, 5.74) is 8.28. The Balaban J connectivity index is 1.56. The lowest BCUT2D eigenvalue weighted by atomic mass is 9.79. The van der Waals surface area contributed by atoms with Crippen LogP contribution in [0.3, 0.4) is 0 Å². The molecule has 6 aromatic rings. The van der Waals surface area contributed by atoms with Gasteiger partial charge in [0.1, 0.15) is 0 Å². The lowest BCUT2D eigenvalue weighted by molar-refractivity contribution is 0.538. The Morgan fingerprint density at radius 3 is 1.39 bits per heavy atom. The zero-order valence-electron chi connectivity index (χ0n) is 21.8. The van der Waals surface area contributed by atoms with Crippen molar-refractivity contribution in [3.8, 4) is 0 Å². The SMILES string of the molecule is CCCC(CC(c1cn(C)c2ccccc12)c1cn(C)c2ccccc12)c1cn(C)c2ccccc12. The van der Waals surface area contributed by atoms with Gasteiger partial charge in [0, 0.05) is 78.4 Å². The van der Waals surface area contributed by atoms with E-state index >= 15 is 0 Å². The second-order valence-corrected chi connectivity index (χ2v) is 10.4. The van der Waals surface area contributed by atoms with Gasteiger partial charge in [-0.15, -0.1) is 0 Å². The number of aryl methyl sites for hydroxylation is 3. The average molecular weight is 474 g/mol. The van der Waals surface area contributed by atoms with Crippen molar-refractivity contribution < 1.29 is 0 Å². The van der Waals surface area contributed by atoms with Crippen LogP contribution in [0.5, 0.6) is 0 Å². The third-order valence-corrected chi connectivity index (χ3v) is 8.13. The number of fused-ring (bicyclic) bond motifs is 3. The Kier molecular flexibility index (Phi) is 5.72. The van der Waals surface area contributed by atoms with Crippen LogP contribution < -0.4 is 0 Å². The molecule has 1 atom stereocenters. The topological polar surface area (TPSA) is 14.8 Å². The summed E-state index contributed by atoms with van der Waals surface area (Å²) >= 11 is 0. The summed E-state index contributed by atoms with van der Waals surface area (Å²) in [6.45, 7) is 2.32. The normalized spacial score (nSPS) is 12.9. The predicted octanol–water partition coefficient (Wildman–Crippen LogP) is 8.27. The molecule has 0 fully saturated rings. The highest BCUT2D eigenvalue weighted by molar-refractivity contribution is 5.89. The van der Waals surface area contributed by atoms with Gasteiger partial charge in [0.05, 0.1) is 0 Å². The second kappa shape index (κ2) is 9.05. The van der Waals surface area contributed by atoms with Crippen LogP contribution >= 0.6 is 0 Å². The Morgan fingerprint density at radius 1 is 0.556 bits per heavy atom. The maximum Gasteiger partial charge on any atom is 0.0480 e. The van der Waals surface area contributed by atoms with Gasteiger partial charge in [0.25, 0.3) is 0 Å². The summed E-state index contributed by atoms with van der Waals surface area (Å²) in [5.74, 6) is 0.779. The third-order valence-electron chi connectivity index (χ3n) is 8.13. The quantitative estimate of drug-likeness (QED) is 0.222. The van der Waals surface area contributed by atoms with E-state index in [4.69, 9.17) is 0 Å². The highest BCUT2D eigenvalue weighted by Gasteiger charge is 2.28. The van der Waals surface area contributed by atoms with Crippen LogP contribution in [-0.2, 0) is 21.1 Å². The largest absolute Gasteiger partial charge is 0.350 e. The molecule has 0 aliphatic rings. The molecule has 0 radical (unpaired) electrons. The molecule has 3 aromatic heterocycles. The zero-order valence-corrected chi connectivity index (χ0v) is 21.8. The molecule has 36 heavy (non-hydrogen) atoms.